The average molecular weight is 287 g/mol. The second-order valence-corrected chi connectivity index (χ2v) is 5.81. The van der Waals surface area contributed by atoms with E-state index in [0.29, 0.717) is 0 Å². The van der Waals surface area contributed by atoms with Gasteiger partial charge < -0.3 is 10.6 Å². The molecule has 3 heterocycles. The molecule has 6 nitrogen and oxygen atoms in total. The average Bonchev–Trinajstić information content (AvgIpc) is 2.91. The Kier molecular flexibility index (Phi) is 3.88. The van der Waals surface area contributed by atoms with E-state index in [-0.39, 0.29) is 18.0 Å². The first-order valence-electron chi connectivity index (χ1n) is 7.52. The largest absolute Gasteiger partial charge is 0.323 e. The molecule has 0 aromatic carbocycles. The van der Waals surface area contributed by atoms with Crippen LogP contribution in [-0.2, 0) is 4.79 Å². The minimum atomic E-state index is -0.0900. The zero-order chi connectivity index (χ0) is 14.8. The van der Waals surface area contributed by atoms with Gasteiger partial charge in [0, 0.05) is 11.4 Å². The van der Waals surface area contributed by atoms with Crippen LogP contribution in [0, 0.1) is 0 Å². The van der Waals surface area contributed by atoms with Gasteiger partial charge >= 0.3 is 0 Å². The maximum Gasteiger partial charge on any atom is 0.241 e. The van der Waals surface area contributed by atoms with Crippen LogP contribution in [0.3, 0.4) is 0 Å². The van der Waals surface area contributed by atoms with E-state index in [2.05, 4.69) is 34.6 Å². The van der Waals surface area contributed by atoms with Crippen LogP contribution in [0.25, 0.3) is 11.0 Å². The smallest absolute Gasteiger partial charge is 0.241 e. The molecule has 1 aliphatic heterocycles. The number of piperidine rings is 1. The van der Waals surface area contributed by atoms with E-state index in [0.717, 1.165) is 42.5 Å². The Hall–Kier alpha value is -1.95. The molecule has 6 heteroatoms. The predicted octanol–water partition coefficient (Wildman–Crippen LogP) is 2.09. The molecule has 1 saturated heterocycles. The van der Waals surface area contributed by atoms with Gasteiger partial charge in [-0.3, -0.25) is 4.79 Å². The summed E-state index contributed by atoms with van der Waals surface area (Å²) in [4.78, 5) is 16.6. The molecule has 1 amide bonds. The summed E-state index contributed by atoms with van der Waals surface area (Å²) in [6.07, 6.45) is 6.63. The number of carbonyl (C=O) groups excluding carboxylic acids is 1. The quantitative estimate of drug-likeness (QED) is 0.906. The summed E-state index contributed by atoms with van der Waals surface area (Å²) >= 11 is 0. The Morgan fingerprint density at radius 2 is 2.29 bits per heavy atom. The van der Waals surface area contributed by atoms with Crippen molar-refractivity contribution in [3.05, 3.63) is 18.5 Å². The van der Waals surface area contributed by atoms with Gasteiger partial charge in [-0.1, -0.05) is 6.42 Å². The number of aromatic nitrogens is 3. The van der Waals surface area contributed by atoms with Gasteiger partial charge in [0.25, 0.3) is 0 Å². The summed E-state index contributed by atoms with van der Waals surface area (Å²) in [7, 11) is 0. The lowest BCUT2D eigenvalue weighted by molar-refractivity contribution is -0.118. The summed E-state index contributed by atoms with van der Waals surface area (Å²) in [6.45, 7) is 5.05. The monoisotopic (exact) mass is 287 g/mol. The van der Waals surface area contributed by atoms with E-state index in [9.17, 15) is 4.79 Å². The number of carbonyl (C=O) groups is 1. The highest BCUT2D eigenvalue weighted by molar-refractivity contribution is 5.96. The molecule has 0 aliphatic carbocycles. The number of hydrogen-bond acceptors (Lipinski definition) is 4. The van der Waals surface area contributed by atoms with Crippen molar-refractivity contribution in [2.45, 2.75) is 45.2 Å². The highest BCUT2D eigenvalue weighted by atomic mass is 16.2. The van der Waals surface area contributed by atoms with Crippen LogP contribution >= 0.6 is 0 Å². The van der Waals surface area contributed by atoms with Crippen LogP contribution in [-0.4, -0.2) is 33.3 Å². The number of pyridine rings is 1. The van der Waals surface area contributed by atoms with Gasteiger partial charge in [-0.15, -0.1) is 0 Å². The number of anilines is 1. The van der Waals surface area contributed by atoms with Gasteiger partial charge in [-0.2, -0.15) is 5.10 Å². The number of nitrogens with zero attached hydrogens (tertiary/aromatic N) is 3. The molecule has 0 saturated carbocycles. The Morgan fingerprint density at radius 1 is 1.43 bits per heavy atom. The molecule has 1 atom stereocenters. The lowest BCUT2D eigenvalue weighted by atomic mass is 10.0. The molecular weight excluding hydrogens is 266 g/mol. The first-order valence-corrected chi connectivity index (χ1v) is 7.52. The molecule has 0 radical (unpaired) electrons. The van der Waals surface area contributed by atoms with Crippen molar-refractivity contribution in [1.29, 1.82) is 0 Å². The third-order valence-corrected chi connectivity index (χ3v) is 3.82. The maximum atomic E-state index is 12.2. The van der Waals surface area contributed by atoms with E-state index in [4.69, 9.17) is 0 Å². The van der Waals surface area contributed by atoms with E-state index < -0.39 is 0 Å². The minimum Gasteiger partial charge on any atom is -0.323 e. The molecule has 0 bridgehead atoms. The minimum absolute atomic E-state index is 0.0205. The van der Waals surface area contributed by atoms with Crippen molar-refractivity contribution in [1.82, 2.24) is 20.1 Å². The first kappa shape index (κ1) is 14.0. The molecule has 0 spiro atoms. The van der Waals surface area contributed by atoms with Gasteiger partial charge in [0.15, 0.2) is 5.65 Å². The topological polar surface area (TPSA) is 71.8 Å². The third kappa shape index (κ3) is 2.90. The van der Waals surface area contributed by atoms with Gasteiger partial charge in [0.2, 0.25) is 5.91 Å². The first-order chi connectivity index (χ1) is 10.1. The highest BCUT2D eigenvalue weighted by Crippen LogP contribution is 2.19. The van der Waals surface area contributed by atoms with Crippen LogP contribution in [0.15, 0.2) is 18.5 Å². The SMILES string of the molecule is CC(C)n1ncc2cc(NC(=O)[C@H]3CCCCN3)cnc21. The zero-order valence-corrected chi connectivity index (χ0v) is 12.5. The van der Waals surface area contributed by atoms with E-state index in [1.54, 1.807) is 12.4 Å². The number of amides is 1. The number of hydrogen-bond donors (Lipinski definition) is 2. The molecule has 112 valence electrons. The van der Waals surface area contributed by atoms with Gasteiger partial charge in [0.05, 0.1) is 24.1 Å². The normalized spacial score (nSPS) is 19.1. The zero-order valence-electron chi connectivity index (χ0n) is 12.5. The molecule has 21 heavy (non-hydrogen) atoms. The van der Waals surface area contributed by atoms with Gasteiger partial charge in [-0.05, 0) is 39.3 Å². The van der Waals surface area contributed by atoms with Crippen LogP contribution in [0.1, 0.15) is 39.2 Å². The maximum absolute atomic E-state index is 12.2. The van der Waals surface area contributed by atoms with Crippen LogP contribution in [0.4, 0.5) is 5.69 Å². The predicted molar refractivity (Wildman–Crippen MR) is 82.2 cm³/mol. The fourth-order valence-electron chi connectivity index (χ4n) is 2.69. The summed E-state index contributed by atoms with van der Waals surface area (Å²) in [6, 6.07) is 2.10. The van der Waals surface area contributed by atoms with Crippen molar-refractivity contribution < 1.29 is 4.79 Å². The lowest BCUT2D eigenvalue weighted by Gasteiger charge is -2.22. The second kappa shape index (κ2) is 5.81. The highest BCUT2D eigenvalue weighted by Gasteiger charge is 2.20. The van der Waals surface area contributed by atoms with Crippen molar-refractivity contribution in [3.8, 4) is 0 Å². The van der Waals surface area contributed by atoms with Crippen molar-refractivity contribution >= 4 is 22.6 Å². The van der Waals surface area contributed by atoms with Crippen LogP contribution < -0.4 is 10.6 Å². The third-order valence-electron chi connectivity index (χ3n) is 3.82. The molecule has 1 fully saturated rings. The molecule has 3 rings (SSSR count). The Balaban J connectivity index is 1.76. The summed E-state index contributed by atoms with van der Waals surface area (Å²) in [5, 5.41) is 11.5. The van der Waals surface area contributed by atoms with Gasteiger partial charge in [-0.25, -0.2) is 9.67 Å². The Labute approximate surface area is 123 Å². The van der Waals surface area contributed by atoms with Crippen molar-refractivity contribution in [2.24, 2.45) is 0 Å². The number of fused-ring (bicyclic) bond motifs is 1. The van der Waals surface area contributed by atoms with Crippen molar-refractivity contribution in [3.63, 3.8) is 0 Å². The molecular formula is C15H21N5O. The molecule has 2 aromatic rings. The second-order valence-electron chi connectivity index (χ2n) is 5.81. The molecule has 2 aromatic heterocycles. The lowest BCUT2D eigenvalue weighted by Crippen LogP contribution is -2.43. The molecule has 0 unspecified atom stereocenters. The summed E-state index contributed by atoms with van der Waals surface area (Å²) < 4.78 is 1.88. The van der Waals surface area contributed by atoms with Crippen molar-refractivity contribution in [2.75, 3.05) is 11.9 Å². The fourth-order valence-corrected chi connectivity index (χ4v) is 2.69. The Bertz CT molecular complexity index is 643. The number of nitrogens with one attached hydrogen (secondary N) is 2. The Morgan fingerprint density at radius 3 is 3.00 bits per heavy atom. The molecule has 1 aliphatic rings. The summed E-state index contributed by atoms with van der Waals surface area (Å²) in [5.41, 5.74) is 1.57. The fraction of sp³-hybridized carbons (Fsp3) is 0.533. The van der Waals surface area contributed by atoms with E-state index in [1.807, 2.05) is 10.7 Å². The molecule has 2 N–H and O–H groups in total. The van der Waals surface area contributed by atoms with Crippen LogP contribution in [0.5, 0.6) is 0 Å². The standard InChI is InChI=1S/C15H21N5O/c1-10(2)20-14-11(8-18-20)7-12(9-17-14)19-15(21)13-5-3-4-6-16-13/h7-10,13,16H,3-6H2,1-2H3,(H,19,21)/t13-/m1/s1. The summed E-state index contributed by atoms with van der Waals surface area (Å²) in [5.74, 6) is 0.0205. The number of rotatable bonds is 3. The van der Waals surface area contributed by atoms with Gasteiger partial charge in [0.1, 0.15) is 0 Å². The van der Waals surface area contributed by atoms with E-state index >= 15 is 0 Å². The van der Waals surface area contributed by atoms with E-state index in [1.165, 1.54) is 0 Å². The van der Waals surface area contributed by atoms with Crippen LogP contribution in [0.2, 0.25) is 0 Å².